The van der Waals surface area contributed by atoms with Crippen molar-refractivity contribution in [2.75, 3.05) is 7.11 Å². The lowest BCUT2D eigenvalue weighted by Crippen LogP contribution is -2.23. The number of sulfonamides is 1. The van der Waals surface area contributed by atoms with E-state index in [2.05, 4.69) is 22.3 Å². The van der Waals surface area contributed by atoms with Crippen LogP contribution in [-0.2, 0) is 16.6 Å². The van der Waals surface area contributed by atoms with Gasteiger partial charge in [0, 0.05) is 24.0 Å². The molecule has 0 atom stereocenters. The van der Waals surface area contributed by atoms with Gasteiger partial charge in [-0.25, -0.2) is 13.1 Å². The van der Waals surface area contributed by atoms with Gasteiger partial charge >= 0.3 is 0 Å². The van der Waals surface area contributed by atoms with Gasteiger partial charge in [-0.2, -0.15) is 0 Å². The van der Waals surface area contributed by atoms with E-state index in [0.717, 1.165) is 11.3 Å². The van der Waals surface area contributed by atoms with Gasteiger partial charge in [0.2, 0.25) is 10.0 Å². The Hall–Kier alpha value is -1.50. The Labute approximate surface area is 147 Å². The number of methoxy groups -OCH3 is 1. The second kappa shape index (κ2) is 6.43. The van der Waals surface area contributed by atoms with E-state index in [1.54, 1.807) is 6.07 Å². The van der Waals surface area contributed by atoms with Gasteiger partial charge in [0.15, 0.2) is 0 Å². The Morgan fingerprint density at radius 1 is 1.29 bits per heavy atom. The summed E-state index contributed by atoms with van der Waals surface area (Å²) < 4.78 is 35.0. The standard InChI is InChI=1S/C17H21ClN2O3S/c1-11-8-13(12(2)20(11)14-4-5-14)10-19-24(21,22)15-6-7-17(23-3)16(18)9-15/h6-9,14,19H,4-5,10H2,1-3H3. The van der Waals surface area contributed by atoms with Gasteiger partial charge in [-0.3, -0.25) is 0 Å². The summed E-state index contributed by atoms with van der Waals surface area (Å²) in [5.41, 5.74) is 3.31. The summed E-state index contributed by atoms with van der Waals surface area (Å²) in [7, 11) is -2.14. The SMILES string of the molecule is COc1ccc(S(=O)(=O)NCc2cc(C)n(C3CC3)c2C)cc1Cl. The van der Waals surface area contributed by atoms with Crippen molar-refractivity contribution in [3.05, 3.63) is 46.2 Å². The molecule has 1 saturated carbocycles. The van der Waals surface area contributed by atoms with Crippen LogP contribution in [0.25, 0.3) is 0 Å². The summed E-state index contributed by atoms with van der Waals surface area (Å²) >= 11 is 6.02. The molecule has 1 heterocycles. The number of nitrogens with zero attached hydrogens (tertiary/aromatic N) is 1. The van der Waals surface area contributed by atoms with Crippen LogP contribution < -0.4 is 9.46 Å². The van der Waals surface area contributed by atoms with E-state index in [4.69, 9.17) is 16.3 Å². The number of hydrogen-bond acceptors (Lipinski definition) is 3. The topological polar surface area (TPSA) is 60.3 Å². The first-order valence-electron chi connectivity index (χ1n) is 7.84. The van der Waals surface area contributed by atoms with Crippen LogP contribution in [0.3, 0.4) is 0 Å². The maximum atomic E-state index is 12.5. The lowest BCUT2D eigenvalue weighted by atomic mass is 10.2. The summed E-state index contributed by atoms with van der Waals surface area (Å²) in [4.78, 5) is 0.129. The first-order valence-corrected chi connectivity index (χ1v) is 9.70. The summed E-state index contributed by atoms with van der Waals surface area (Å²) in [6.45, 7) is 4.37. The summed E-state index contributed by atoms with van der Waals surface area (Å²) in [5.74, 6) is 0.448. The van der Waals surface area contributed by atoms with E-state index >= 15 is 0 Å². The molecule has 7 heteroatoms. The molecule has 5 nitrogen and oxygen atoms in total. The zero-order chi connectivity index (χ0) is 17.5. The third-order valence-electron chi connectivity index (χ3n) is 4.39. The highest BCUT2D eigenvalue weighted by Crippen LogP contribution is 2.38. The minimum absolute atomic E-state index is 0.129. The molecule has 0 aliphatic heterocycles. The third kappa shape index (κ3) is 3.31. The molecule has 1 aliphatic carbocycles. The van der Waals surface area contributed by atoms with Crippen LogP contribution in [0.2, 0.25) is 5.02 Å². The summed E-state index contributed by atoms with van der Waals surface area (Å²) in [6.07, 6.45) is 2.40. The zero-order valence-corrected chi connectivity index (χ0v) is 15.5. The van der Waals surface area contributed by atoms with E-state index in [0.29, 0.717) is 11.8 Å². The predicted octanol–water partition coefficient (Wildman–Crippen LogP) is 3.58. The molecule has 1 aliphatic rings. The minimum atomic E-state index is -3.63. The fourth-order valence-corrected chi connectivity index (χ4v) is 4.34. The van der Waals surface area contributed by atoms with E-state index in [1.165, 1.54) is 37.8 Å². The second-order valence-electron chi connectivity index (χ2n) is 6.12. The van der Waals surface area contributed by atoms with E-state index in [1.807, 2.05) is 6.92 Å². The largest absolute Gasteiger partial charge is 0.495 e. The molecule has 0 bridgehead atoms. The Balaban J connectivity index is 1.78. The van der Waals surface area contributed by atoms with Crippen molar-refractivity contribution in [3.8, 4) is 5.75 Å². The quantitative estimate of drug-likeness (QED) is 0.847. The van der Waals surface area contributed by atoms with Crippen molar-refractivity contribution in [3.63, 3.8) is 0 Å². The van der Waals surface area contributed by atoms with Crippen LogP contribution in [0.5, 0.6) is 5.75 Å². The Morgan fingerprint density at radius 3 is 2.58 bits per heavy atom. The Bertz CT molecular complexity index is 870. The number of aryl methyl sites for hydroxylation is 1. The highest BCUT2D eigenvalue weighted by molar-refractivity contribution is 7.89. The molecule has 0 amide bonds. The average Bonchev–Trinajstić information content (AvgIpc) is 3.31. The van der Waals surface area contributed by atoms with Crippen LogP contribution in [0.4, 0.5) is 0 Å². The smallest absolute Gasteiger partial charge is 0.240 e. The van der Waals surface area contributed by atoms with E-state index in [9.17, 15) is 8.42 Å². The second-order valence-corrected chi connectivity index (χ2v) is 8.29. The van der Waals surface area contributed by atoms with Gasteiger partial charge in [-0.15, -0.1) is 0 Å². The molecule has 1 N–H and O–H groups in total. The molecule has 0 radical (unpaired) electrons. The number of hydrogen-bond donors (Lipinski definition) is 1. The number of nitrogens with one attached hydrogen (secondary N) is 1. The number of benzene rings is 1. The predicted molar refractivity (Wildman–Crippen MR) is 94.2 cm³/mol. The molecular formula is C17H21ClN2O3S. The van der Waals surface area contributed by atoms with Gasteiger partial charge in [0.1, 0.15) is 5.75 Å². The van der Waals surface area contributed by atoms with E-state index in [-0.39, 0.29) is 16.5 Å². The van der Waals surface area contributed by atoms with Crippen LogP contribution >= 0.6 is 11.6 Å². The van der Waals surface area contributed by atoms with Gasteiger partial charge in [-0.05, 0) is 56.5 Å². The van der Waals surface area contributed by atoms with Crippen LogP contribution in [0, 0.1) is 13.8 Å². The van der Waals surface area contributed by atoms with Crippen molar-refractivity contribution in [2.24, 2.45) is 0 Å². The molecule has 1 aromatic heterocycles. The third-order valence-corrected chi connectivity index (χ3v) is 6.08. The minimum Gasteiger partial charge on any atom is -0.495 e. The normalized spacial score (nSPS) is 14.8. The molecule has 2 aromatic rings. The molecule has 0 unspecified atom stereocenters. The number of rotatable bonds is 6. The number of aromatic nitrogens is 1. The highest BCUT2D eigenvalue weighted by atomic mass is 35.5. The lowest BCUT2D eigenvalue weighted by molar-refractivity contribution is 0.414. The number of halogens is 1. The highest BCUT2D eigenvalue weighted by Gasteiger charge is 2.27. The van der Waals surface area contributed by atoms with Crippen LogP contribution in [0.15, 0.2) is 29.2 Å². The van der Waals surface area contributed by atoms with Crippen molar-refractivity contribution in [1.82, 2.24) is 9.29 Å². The average molecular weight is 369 g/mol. The van der Waals surface area contributed by atoms with Crippen molar-refractivity contribution >= 4 is 21.6 Å². The Morgan fingerprint density at radius 2 is 2.00 bits per heavy atom. The molecule has 130 valence electrons. The first-order chi connectivity index (χ1) is 11.3. The van der Waals surface area contributed by atoms with Crippen molar-refractivity contribution in [1.29, 1.82) is 0 Å². The lowest BCUT2D eigenvalue weighted by Gasteiger charge is -2.10. The van der Waals surface area contributed by atoms with E-state index < -0.39 is 10.0 Å². The summed E-state index contributed by atoms with van der Waals surface area (Å²) in [6, 6.07) is 7.07. The molecule has 24 heavy (non-hydrogen) atoms. The molecular weight excluding hydrogens is 348 g/mol. The maximum absolute atomic E-state index is 12.5. The monoisotopic (exact) mass is 368 g/mol. The fraction of sp³-hybridized carbons (Fsp3) is 0.412. The van der Waals surface area contributed by atoms with Gasteiger partial charge < -0.3 is 9.30 Å². The maximum Gasteiger partial charge on any atom is 0.240 e. The summed E-state index contributed by atoms with van der Waals surface area (Å²) in [5, 5.41) is 0.271. The molecule has 0 saturated heterocycles. The van der Waals surface area contributed by atoms with Crippen LogP contribution in [-0.4, -0.2) is 20.1 Å². The van der Waals surface area contributed by atoms with Gasteiger partial charge in [0.05, 0.1) is 17.0 Å². The molecule has 0 spiro atoms. The van der Waals surface area contributed by atoms with Crippen molar-refractivity contribution in [2.45, 2.75) is 44.2 Å². The zero-order valence-electron chi connectivity index (χ0n) is 14.0. The van der Waals surface area contributed by atoms with Crippen molar-refractivity contribution < 1.29 is 13.2 Å². The van der Waals surface area contributed by atoms with Gasteiger partial charge in [-0.1, -0.05) is 11.6 Å². The fourth-order valence-electron chi connectivity index (χ4n) is 2.99. The molecule has 1 aromatic carbocycles. The van der Waals surface area contributed by atoms with Crippen LogP contribution in [0.1, 0.15) is 35.8 Å². The Kier molecular flexibility index (Phi) is 4.64. The molecule has 3 rings (SSSR count). The number of ether oxygens (including phenoxy) is 1. The van der Waals surface area contributed by atoms with Gasteiger partial charge in [0.25, 0.3) is 0 Å². The first kappa shape index (κ1) is 17.3. The molecule has 1 fully saturated rings.